The molecule has 17 heavy (non-hydrogen) atoms. The first-order chi connectivity index (χ1) is 8.26. The number of hydrogen-bond donors (Lipinski definition) is 2. The Hall–Kier alpha value is -1.99. The lowest BCUT2D eigenvalue weighted by molar-refractivity contribution is -0.122. The molecule has 0 bridgehead atoms. The van der Waals surface area contributed by atoms with E-state index in [2.05, 4.69) is 11.2 Å². The van der Waals surface area contributed by atoms with Crippen molar-refractivity contribution >= 4 is 5.91 Å². The molecule has 0 spiro atoms. The van der Waals surface area contributed by atoms with E-state index in [0.29, 0.717) is 12.2 Å². The van der Waals surface area contributed by atoms with Crippen molar-refractivity contribution in [1.29, 1.82) is 0 Å². The molecule has 0 aliphatic heterocycles. The summed E-state index contributed by atoms with van der Waals surface area (Å²) in [6.07, 6.45) is 5.62. The second-order valence-corrected chi connectivity index (χ2v) is 3.39. The van der Waals surface area contributed by atoms with Gasteiger partial charge in [-0.2, -0.15) is 0 Å². The largest absolute Gasteiger partial charge is 0.484 e. The van der Waals surface area contributed by atoms with E-state index in [-0.39, 0.29) is 25.7 Å². The van der Waals surface area contributed by atoms with Crippen LogP contribution in [-0.4, -0.2) is 30.8 Å². The fourth-order valence-corrected chi connectivity index (χ4v) is 1.23. The number of nitrogens with one attached hydrogen (secondary N) is 1. The lowest BCUT2D eigenvalue weighted by atomic mass is 10.1. The van der Waals surface area contributed by atoms with Crippen LogP contribution in [0.15, 0.2) is 24.3 Å². The summed E-state index contributed by atoms with van der Waals surface area (Å²) in [7, 11) is 0. The maximum Gasteiger partial charge on any atom is 0.258 e. The third kappa shape index (κ3) is 5.05. The fraction of sp³-hybridized carbons (Fsp3) is 0.308. The van der Waals surface area contributed by atoms with Gasteiger partial charge < -0.3 is 15.2 Å². The molecule has 0 saturated carbocycles. The zero-order valence-corrected chi connectivity index (χ0v) is 9.48. The van der Waals surface area contributed by atoms with Gasteiger partial charge in [-0.1, -0.05) is 18.1 Å². The Morgan fingerprint density at radius 3 is 2.71 bits per heavy atom. The number of amides is 1. The summed E-state index contributed by atoms with van der Waals surface area (Å²) in [4.78, 5) is 11.2. The van der Waals surface area contributed by atoms with Crippen LogP contribution in [0.4, 0.5) is 0 Å². The van der Waals surface area contributed by atoms with E-state index in [1.54, 1.807) is 12.1 Å². The van der Waals surface area contributed by atoms with Gasteiger partial charge in [-0.05, 0) is 24.1 Å². The normalized spacial score (nSPS) is 9.41. The van der Waals surface area contributed by atoms with Crippen LogP contribution in [-0.2, 0) is 11.2 Å². The smallest absolute Gasteiger partial charge is 0.258 e. The van der Waals surface area contributed by atoms with Crippen LogP contribution in [0.5, 0.6) is 5.75 Å². The van der Waals surface area contributed by atoms with Gasteiger partial charge in [-0.25, -0.2) is 0 Å². The standard InChI is InChI=1S/C13H15NO3/c1-2-8-14-13(16)10-17-12-5-3-11(4-6-12)7-9-15/h1,3-6,15H,7-10H2,(H,14,16). The van der Waals surface area contributed by atoms with E-state index in [9.17, 15) is 4.79 Å². The molecule has 0 radical (unpaired) electrons. The second kappa shape index (κ2) is 7.31. The highest BCUT2D eigenvalue weighted by molar-refractivity contribution is 5.77. The van der Waals surface area contributed by atoms with Crippen molar-refractivity contribution in [1.82, 2.24) is 5.32 Å². The first-order valence-corrected chi connectivity index (χ1v) is 5.29. The number of hydrogen-bond acceptors (Lipinski definition) is 3. The average molecular weight is 233 g/mol. The number of benzene rings is 1. The van der Waals surface area contributed by atoms with Crippen molar-refractivity contribution in [2.24, 2.45) is 0 Å². The molecule has 4 nitrogen and oxygen atoms in total. The minimum absolute atomic E-state index is 0.0545. The lowest BCUT2D eigenvalue weighted by Gasteiger charge is -2.06. The van der Waals surface area contributed by atoms with Crippen LogP contribution in [0.2, 0.25) is 0 Å². The molecule has 2 N–H and O–H groups in total. The van der Waals surface area contributed by atoms with Crippen LogP contribution < -0.4 is 10.1 Å². The monoisotopic (exact) mass is 233 g/mol. The Kier molecular flexibility index (Phi) is 5.62. The molecular weight excluding hydrogens is 218 g/mol. The van der Waals surface area contributed by atoms with Gasteiger partial charge in [-0.3, -0.25) is 4.79 Å². The molecule has 0 unspecified atom stereocenters. The highest BCUT2D eigenvalue weighted by Gasteiger charge is 2.01. The minimum atomic E-state index is -0.248. The maximum absolute atomic E-state index is 11.2. The van der Waals surface area contributed by atoms with E-state index in [0.717, 1.165) is 5.56 Å². The quantitative estimate of drug-likeness (QED) is 0.697. The lowest BCUT2D eigenvalue weighted by Crippen LogP contribution is -2.28. The molecule has 1 aromatic rings. The molecule has 1 rings (SSSR count). The number of aliphatic hydroxyl groups is 1. The van der Waals surface area contributed by atoms with Crippen LogP contribution in [0.25, 0.3) is 0 Å². The van der Waals surface area contributed by atoms with E-state index >= 15 is 0 Å². The highest BCUT2D eigenvalue weighted by atomic mass is 16.5. The first-order valence-electron chi connectivity index (χ1n) is 5.29. The Morgan fingerprint density at radius 1 is 1.41 bits per heavy atom. The zero-order chi connectivity index (χ0) is 12.5. The molecule has 0 aliphatic rings. The zero-order valence-electron chi connectivity index (χ0n) is 9.48. The molecule has 1 aromatic carbocycles. The van der Waals surface area contributed by atoms with Crippen molar-refractivity contribution in [3.8, 4) is 18.1 Å². The van der Waals surface area contributed by atoms with E-state index in [4.69, 9.17) is 16.3 Å². The summed E-state index contributed by atoms with van der Waals surface area (Å²) >= 11 is 0. The molecule has 4 heteroatoms. The van der Waals surface area contributed by atoms with Crippen LogP contribution >= 0.6 is 0 Å². The topological polar surface area (TPSA) is 58.6 Å². The number of terminal acetylenes is 1. The van der Waals surface area contributed by atoms with Gasteiger partial charge >= 0.3 is 0 Å². The van der Waals surface area contributed by atoms with Gasteiger partial charge in [0.1, 0.15) is 5.75 Å². The molecule has 0 saturated heterocycles. The molecule has 0 aliphatic carbocycles. The first kappa shape index (κ1) is 13.1. The summed E-state index contributed by atoms with van der Waals surface area (Å²) < 4.78 is 5.25. The summed E-state index contributed by atoms with van der Waals surface area (Å²) in [5, 5.41) is 11.2. The average Bonchev–Trinajstić information content (AvgIpc) is 2.36. The number of rotatable bonds is 6. The minimum Gasteiger partial charge on any atom is -0.484 e. The van der Waals surface area contributed by atoms with Gasteiger partial charge in [0, 0.05) is 6.61 Å². The Bertz CT molecular complexity index is 392. The number of aliphatic hydroxyl groups excluding tert-OH is 1. The highest BCUT2D eigenvalue weighted by Crippen LogP contribution is 2.12. The van der Waals surface area contributed by atoms with Crippen molar-refractivity contribution in [3.63, 3.8) is 0 Å². The Balaban J connectivity index is 2.37. The second-order valence-electron chi connectivity index (χ2n) is 3.39. The Morgan fingerprint density at radius 2 is 2.12 bits per heavy atom. The van der Waals surface area contributed by atoms with Crippen LogP contribution in [0.1, 0.15) is 5.56 Å². The summed E-state index contributed by atoms with van der Waals surface area (Å²) in [5.41, 5.74) is 1.02. The molecule has 90 valence electrons. The van der Waals surface area contributed by atoms with Crippen molar-refractivity contribution in [2.75, 3.05) is 19.8 Å². The molecule has 0 aromatic heterocycles. The van der Waals surface area contributed by atoms with E-state index in [1.165, 1.54) is 0 Å². The third-order valence-corrected chi connectivity index (χ3v) is 2.08. The molecule has 0 heterocycles. The predicted octanol–water partition coefficient (Wildman–Crippen LogP) is 0.350. The number of carbonyl (C=O) groups is 1. The number of carbonyl (C=O) groups excluding carboxylic acids is 1. The maximum atomic E-state index is 11.2. The van der Waals surface area contributed by atoms with Gasteiger partial charge in [0.15, 0.2) is 6.61 Å². The fourth-order valence-electron chi connectivity index (χ4n) is 1.23. The van der Waals surface area contributed by atoms with Gasteiger partial charge in [0.05, 0.1) is 6.54 Å². The summed E-state index contributed by atoms with van der Waals surface area (Å²) in [5.74, 6) is 2.67. The van der Waals surface area contributed by atoms with Crippen molar-refractivity contribution in [3.05, 3.63) is 29.8 Å². The molecule has 0 fully saturated rings. The number of ether oxygens (including phenoxy) is 1. The van der Waals surface area contributed by atoms with E-state index < -0.39 is 0 Å². The Labute approximate surface area is 101 Å². The van der Waals surface area contributed by atoms with Crippen LogP contribution in [0.3, 0.4) is 0 Å². The predicted molar refractivity (Wildman–Crippen MR) is 64.6 cm³/mol. The van der Waals surface area contributed by atoms with Crippen molar-refractivity contribution in [2.45, 2.75) is 6.42 Å². The van der Waals surface area contributed by atoms with Gasteiger partial charge in [-0.15, -0.1) is 6.42 Å². The summed E-state index contributed by atoms with van der Waals surface area (Å²) in [6.45, 7) is 0.271. The van der Waals surface area contributed by atoms with Crippen molar-refractivity contribution < 1.29 is 14.6 Å². The SMILES string of the molecule is C#CCNC(=O)COc1ccc(CCO)cc1. The third-order valence-electron chi connectivity index (χ3n) is 2.08. The van der Waals surface area contributed by atoms with E-state index in [1.807, 2.05) is 12.1 Å². The molecule has 1 amide bonds. The van der Waals surface area contributed by atoms with Crippen LogP contribution in [0, 0.1) is 12.3 Å². The molecule has 0 atom stereocenters. The summed E-state index contributed by atoms with van der Waals surface area (Å²) in [6, 6.07) is 7.23. The van der Waals surface area contributed by atoms with Gasteiger partial charge in [0.25, 0.3) is 5.91 Å². The molecular formula is C13H15NO3. The van der Waals surface area contributed by atoms with Gasteiger partial charge in [0.2, 0.25) is 0 Å².